The summed E-state index contributed by atoms with van der Waals surface area (Å²) in [6.45, 7) is 0. The predicted molar refractivity (Wildman–Crippen MR) is 95.6 cm³/mol. The Hall–Kier alpha value is -3.74. The zero-order chi connectivity index (χ0) is 16.6. The maximum absolute atomic E-state index is 4.73. The van der Waals surface area contributed by atoms with E-state index in [1.54, 1.807) is 6.20 Å². The van der Waals surface area contributed by atoms with E-state index < -0.39 is 0 Å². The summed E-state index contributed by atoms with van der Waals surface area (Å²) in [5.41, 5.74) is 4.41. The number of benzene rings is 1. The van der Waals surface area contributed by atoms with Gasteiger partial charge in [-0.05, 0) is 18.2 Å². The number of fused-ring (bicyclic) bond motifs is 2. The van der Waals surface area contributed by atoms with Crippen molar-refractivity contribution in [2.45, 2.75) is 0 Å². The van der Waals surface area contributed by atoms with E-state index in [4.69, 9.17) is 5.10 Å². The van der Waals surface area contributed by atoms with Crippen molar-refractivity contribution in [1.82, 2.24) is 30.0 Å². The van der Waals surface area contributed by atoms with Crippen molar-refractivity contribution >= 4 is 28.1 Å². The van der Waals surface area contributed by atoms with Gasteiger partial charge in [-0.15, -0.1) is 5.10 Å². The van der Waals surface area contributed by atoms with Crippen LogP contribution in [0.4, 0.5) is 11.5 Å². The Morgan fingerprint density at radius 1 is 0.960 bits per heavy atom. The molecule has 0 saturated heterocycles. The zero-order valence-corrected chi connectivity index (χ0v) is 13.1. The lowest BCUT2D eigenvalue weighted by Crippen LogP contribution is -1.93. The van der Waals surface area contributed by atoms with Gasteiger partial charge in [0, 0.05) is 11.8 Å². The molecule has 0 atom stereocenters. The van der Waals surface area contributed by atoms with Crippen LogP contribution in [0, 0.1) is 0 Å². The highest BCUT2D eigenvalue weighted by atomic mass is 15.3. The monoisotopic (exact) mass is 327 g/mol. The maximum atomic E-state index is 4.73. The standard InChI is InChI=1S/C18H13N7/c1-2-6-12(7-3-1)15-16(14-8-4-5-11-25(14)24-15)20-17-13-9-10-19-21-18(13)23-22-17/h1-11H,(H2,20,21,22,23). The van der Waals surface area contributed by atoms with Gasteiger partial charge in [0.15, 0.2) is 11.5 Å². The molecule has 120 valence electrons. The summed E-state index contributed by atoms with van der Waals surface area (Å²) in [6, 6.07) is 17.9. The van der Waals surface area contributed by atoms with Gasteiger partial charge in [-0.25, -0.2) is 4.52 Å². The normalized spacial score (nSPS) is 11.2. The molecule has 0 saturated carbocycles. The van der Waals surface area contributed by atoms with Crippen molar-refractivity contribution < 1.29 is 0 Å². The summed E-state index contributed by atoms with van der Waals surface area (Å²) in [5.74, 6) is 0.695. The molecule has 1 aromatic carbocycles. The molecule has 7 nitrogen and oxygen atoms in total. The molecule has 7 heteroatoms. The van der Waals surface area contributed by atoms with E-state index in [0.717, 1.165) is 27.8 Å². The molecule has 0 aliphatic heterocycles. The predicted octanol–water partition coefficient (Wildman–Crippen LogP) is 3.41. The Kier molecular flexibility index (Phi) is 2.96. The van der Waals surface area contributed by atoms with Crippen molar-refractivity contribution in [2.24, 2.45) is 0 Å². The van der Waals surface area contributed by atoms with Crippen LogP contribution in [-0.4, -0.2) is 30.0 Å². The van der Waals surface area contributed by atoms with E-state index in [0.29, 0.717) is 11.5 Å². The number of rotatable bonds is 3. The van der Waals surface area contributed by atoms with E-state index in [2.05, 4.69) is 25.7 Å². The van der Waals surface area contributed by atoms with Crippen LogP contribution >= 0.6 is 0 Å². The number of pyridine rings is 1. The molecule has 5 rings (SSSR count). The highest BCUT2D eigenvalue weighted by molar-refractivity contribution is 5.95. The third kappa shape index (κ3) is 2.21. The number of nitrogens with one attached hydrogen (secondary N) is 2. The number of H-pyrrole nitrogens is 1. The van der Waals surface area contributed by atoms with Crippen LogP contribution in [0.15, 0.2) is 67.0 Å². The van der Waals surface area contributed by atoms with Crippen molar-refractivity contribution in [2.75, 3.05) is 5.32 Å². The number of anilines is 2. The lowest BCUT2D eigenvalue weighted by Gasteiger charge is -2.05. The van der Waals surface area contributed by atoms with Crippen molar-refractivity contribution in [1.29, 1.82) is 0 Å². The van der Waals surface area contributed by atoms with E-state index in [9.17, 15) is 0 Å². The van der Waals surface area contributed by atoms with Gasteiger partial charge in [-0.1, -0.05) is 36.4 Å². The first-order valence-corrected chi connectivity index (χ1v) is 7.86. The first-order chi connectivity index (χ1) is 12.4. The summed E-state index contributed by atoms with van der Waals surface area (Å²) >= 11 is 0. The summed E-state index contributed by atoms with van der Waals surface area (Å²) in [5, 5.41) is 24.2. The molecule has 0 aliphatic rings. The van der Waals surface area contributed by atoms with Crippen LogP contribution in [-0.2, 0) is 0 Å². The SMILES string of the molecule is c1ccc(-c2nn3ccccc3c2Nc2n[nH]c3nnccc23)cc1. The summed E-state index contributed by atoms with van der Waals surface area (Å²) in [7, 11) is 0. The van der Waals surface area contributed by atoms with Crippen molar-refractivity contribution in [3.8, 4) is 11.3 Å². The summed E-state index contributed by atoms with van der Waals surface area (Å²) < 4.78 is 1.86. The van der Waals surface area contributed by atoms with Gasteiger partial charge in [0.05, 0.1) is 22.8 Å². The molecule has 5 aromatic rings. The van der Waals surface area contributed by atoms with E-state index in [1.807, 2.05) is 65.3 Å². The highest BCUT2D eigenvalue weighted by Crippen LogP contribution is 2.34. The minimum Gasteiger partial charge on any atom is -0.335 e. The van der Waals surface area contributed by atoms with Gasteiger partial charge in [-0.3, -0.25) is 5.10 Å². The third-order valence-corrected chi connectivity index (χ3v) is 4.08. The highest BCUT2D eigenvalue weighted by Gasteiger charge is 2.16. The summed E-state index contributed by atoms with van der Waals surface area (Å²) in [4.78, 5) is 0. The Bertz CT molecular complexity index is 1170. The van der Waals surface area contributed by atoms with E-state index in [1.165, 1.54) is 0 Å². The minimum atomic E-state index is 0.641. The number of hydrogen-bond donors (Lipinski definition) is 2. The Balaban J connectivity index is 1.72. The van der Waals surface area contributed by atoms with Gasteiger partial charge in [0.1, 0.15) is 5.69 Å². The molecule has 0 bridgehead atoms. The lowest BCUT2D eigenvalue weighted by atomic mass is 10.1. The topological polar surface area (TPSA) is 83.8 Å². The number of aromatic nitrogens is 6. The number of nitrogens with zero attached hydrogens (tertiary/aromatic N) is 5. The largest absolute Gasteiger partial charge is 0.335 e. The van der Waals surface area contributed by atoms with Crippen LogP contribution in [0.5, 0.6) is 0 Å². The molecule has 2 N–H and O–H groups in total. The van der Waals surface area contributed by atoms with Gasteiger partial charge >= 0.3 is 0 Å². The quantitative estimate of drug-likeness (QED) is 0.530. The zero-order valence-electron chi connectivity index (χ0n) is 13.1. The molecular weight excluding hydrogens is 314 g/mol. The average Bonchev–Trinajstić information content (AvgIpc) is 3.25. The average molecular weight is 327 g/mol. The molecule has 25 heavy (non-hydrogen) atoms. The molecule has 0 unspecified atom stereocenters. The van der Waals surface area contributed by atoms with Gasteiger partial charge in [0.2, 0.25) is 0 Å². The van der Waals surface area contributed by atoms with Gasteiger partial charge in [0.25, 0.3) is 0 Å². The van der Waals surface area contributed by atoms with Crippen LogP contribution in [0.1, 0.15) is 0 Å². The van der Waals surface area contributed by atoms with Gasteiger partial charge < -0.3 is 5.32 Å². The smallest absolute Gasteiger partial charge is 0.180 e. The Morgan fingerprint density at radius 3 is 2.76 bits per heavy atom. The van der Waals surface area contributed by atoms with Crippen LogP contribution in [0.3, 0.4) is 0 Å². The molecule has 0 radical (unpaired) electrons. The third-order valence-electron chi connectivity index (χ3n) is 4.08. The van der Waals surface area contributed by atoms with Crippen molar-refractivity contribution in [3.63, 3.8) is 0 Å². The van der Waals surface area contributed by atoms with E-state index >= 15 is 0 Å². The number of aromatic amines is 1. The molecular formula is C18H13N7. The van der Waals surface area contributed by atoms with Crippen LogP contribution in [0.2, 0.25) is 0 Å². The Morgan fingerprint density at radius 2 is 1.84 bits per heavy atom. The molecule has 4 aromatic heterocycles. The number of hydrogen-bond acceptors (Lipinski definition) is 5. The molecule has 4 heterocycles. The fourth-order valence-corrected chi connectivity index (χ4v) is 2.91. The molecule has 0 aliphatic carbocycles. The minimum absolute atomic E-state index is 0.641. The second-order valence-electron chi connectivity index (χ2n) is 5.61. The van der Waals surface area contributed by atoms with Crippen LogP contribution < -0.4 is 5.32 Å². The summed E-state index contributed by atoms with van der Waals surface area (Å²) in [6.07, 6.45) is 3.58. The lowest BCUT2D eigenvalue weighted by molar-refractivity contribution is 0.966. The second-order valence-corrected chi connectivity index (χ2v) is 5.61. The first-order valence-electron chi connectivity index (χ1n) is 7.86. The Labute approximate surface area is 142 Å². The first kappa shape index (κ1) is 13.7. The molecule has 0 fully saturated rings. The van der Waals surface area contributed by atoms with E-state index in [-0.39, 0.29) is 0 Å². The fourth-order valence-electron chi connectivity index (χ4n) is 2.91. The second kappa shape index (κ2) is 5.41. The molecule has 0 amide bonds. The van der Waals surface area contributed by atoms with Crippen LogP contribution in [0.25, 0.3) is 27.8 Å². The van der Waals surface area contributed by atoms with Crippen molar-refractivity contribution in [3.05, 3.63) is 67.0 Å². The maximum Gasteiger partial charge on any atom is 0.180 e. The molecule has 0 spiro atoms. The van der Waals surface area contributed by atoms with Gasteiger partial charge in [-0.2, -0.15) is 15.3 Å². The fraction of sp³-hybridized carbons (Fsp3) is 0.